The van der Waals surface area contributed by atoms with Crippen LogP contribution in [0, 0.1) is 17.3 Å². The van der Waals surface area contributed by atoms with Crippen LogP contribution < -0.4 is 0 Å². The maximum Gasteiger partial charge on any atom is 0.306 e. The lowest BCUT2D eigenvalue weighted by Gasteiger charge is -2.35. The van der Waals surface area contributed by atoms with Crippen molar-refractivity contribution >= 4 is 5.97 Å². The van der Waals surface area contributed by atoms with Gasteiger partial charge in [-0.2, -0.15) is 0 Å². The lowest BCUT2D eigenvalue weighted by Crippen LogP contribution is -2.25. The summed E-state index contributed by atoms with van der Waals surface area (Å²) in [5.41, 5.74) is 2.12. The van der Waals surface area contributed by atoms with Gasteiger partial charge in [-0.15, -0.1) is 0 Å². The third-order valence-electron chi connectivity index (χ3n) is 5.06. The quantitative estimate of drug-likeness (QED) is 0.675. The van der Waals surface area contributed by atoms with Crippen molar-refractivity contribution in [2.75, 3.05) is 0 Å². The van der Waals surface area contributed by atoms with E-state index in [4.69, 9.17) is 5.11 Å². The van der Waals surface area contributed by atoms with E-state index in [0.717, 1.165) is 31.6 Å². The molecule has 2 aliphatic rings. The Kier molecular flexibility index (Phi) is 6.09. The van der Waals surface area contributed by atoms with Gasteiger partial charge < -0.3 is 5.11 Å². The average molecular weight is 266 g/mol. The third kappa shape index (κ3) is 5.00. The second-order valence-electron chi connectivity index (χ2n) is 6.87. The van der Waals surface area contributed by atoms with Crippen molar-refractivity contribution in [3.8, 4) is 0 Å². The first-order valence-corrected chi connectivity index (χ1v) is 7.74. The van der Waals surface area contributed by atoms with Gasteiger partial charge in [0.1, 0.15) is 0 Å². The molecule has 0 saturated heterocycles. The van der Waals surface area contributed by atoms with Gasteiger partial charge in [-0.3, -0.25) is 4.79 Å². The van der Waals surface area contributed by atoms with E-state index in [-0.39, 0.29) is 5.92 Å². The van der Waals surface area contributed by atoms with E-state index in [9.17, 15) is 4.79 Å². The van der Waals surface area contributed by atoms with Crippen LogP contribution in [0.25, 0.3) is 0 Å². The summed E-state index contributed by atoms with van der Waals surface area (Å²) in [4.78, 5) is 10.4. The molecule has 0 aromatic heterocycles. The zero-order valence-corrected chi connectivity index (χ0v) is 13.0. The zero-order chi connectivity index (χ0) is 14.5. The van der Waals surface area contributed by atoms with Crippen molar-refractivity contribution in [1.29, 1.82) is 0 Å². The average Bonchev–Trinajstić information content (AvgIpc) is 2.37. The predicted molar refractivity (Wildman–Crippen MR) is 80.1 cm³/mol. The molecule has 1 N–H and O–H groups in total. The summed E-state index contributed by atoms with van der Waals surface area (Å²) in [6.07, 6.45) is 10.3. The summed E-state index contributed by atoms with van der Waals surface area (Å²) in [5, 5.41) is 8.54. The molecule has 0 bridgehead atoms. The van der Waals surface area contributed by atoms with Crippen LogP contribution >= 0.6 is 0 Å². The zero-order valence-electron chi connectivity index (χ0n) is 13.0. The van der Waals surface area contributed by atoms with Gasteiger partial charge >= 0.3 is 5.97 Å². The molecule has 2 rings (SSSR count). The number of carbonyl (C=O) groups is 1. The minimum Gasteiger partial charge on any atom is -0.481 e. The Labute approximate surface area is 118 Å². The van der Waals surface area contributed by atoms with Crippen molar-refractivity contribution in [2.45, 2.75) is 72.6 Å². The Morgan fingerprint density at radius 3 is 2.21 bits per heavy atom. The van der Waals surface area contributed by atoms with Gasteiger partial charge in [0.2, 0.25) is 0 Å². The Morgan fingerprint density at radius 2 is 1.84 bits per heavy atom. The summed E-state index contributed by atoms with van der Waals surface area (Å²) in [7, 11) is 0. The molecule has 2 nitrogen and oxygen atoms in total. The Bertz CT molecular complexity index is 322. The van der Waals surface area contributed by atoms with E-state index in [1.165, 1.54) is 19.3 Å². The van der Waals surface area contributed by atoms with Gasteiger partial charge in [-0.1, -0.05) is 51.7 Å². The number of allylic oxidation sites excluding steroid dienone is 2. The van der Waals surface area contributed by atoms with Gasteiger partial charge in [0.15, 0.2) is 0 Å². The van der Waals surface area contributed by atoms with Gasteiger partial charge in [0.25, 0.3) is 0 Å². The maximum absolute atomic E-state index is 10.4. The first kappa shape index (κ1) is 16.3. The molecule has 19 heavy (non-hydrogen) atoms. The summed E-state index contributed by atoms with van der Waals surface area (Å²) in [5.74, 6) is 0.148. The number of rotatable bonds is 1. The Morgan fingerprint density at radius 1 is 1.26 bits per heavy atom. The second kappa shape index (κ2) is 7.12. The van der Waals surface area contributed by atoms with Crippen LogP contribution in [-0.2, 0) is 4.79 Å². The maximum atomic E-state index is 10.4. The van der Waals surface area contributed by atoms with Crippen molar-refractivity contribution in [3.63, 3.8) is 0 Å². The smallest absolute Gasteiger partial charge is 0.306 e. The fraction of sp³-hybridized carbons (Fsp3) is 0.824. The van der Waals surface area contributed by atoms with E-state index in [1.54, 1.807) is 5.57 Å². The standard InChI is InChI=1S/C10H18.C7H12O2/c1-8-6-5-7-10(3,4)9(8)2;8-7(9)6-4-2-1-3-5-6/h6,9H,5,7H2,1-4H3;6H,1-5H2,(H,8,9). The lowest BCUT2D eigenvalue weighted by molar-refractivity contribution is -0.142. The molecule has 1 atom stereocenters. The molecule has 110 valence electrons. The molecule has 0 aliphatic heterocycles. The van der Waals surface area contributed by atoms with Crippen LogP contribution in [-0.4, -0.2) is 11.1 Å². The van der Waals surface area contributed by atoms with E-state index in [0.29, 0.717) is 5.41 Å². The van der Waals surface area contributed by atoms with Crippen molar-refractivity contribution in [1.82, 2.24) is 0 Å². The fourth-order valence-electron chi connectivity index (χ4n) is 3.03. The van der Waals surface area contributed by atoms with Gasteiger partial charge in [-0.05, 0) is 43.9 Å². The number of hydrogen-bond acceptors (Lipinski definition) is 1. The highest BCUT2D eigenvalue weighted by atomic mass is 16.4. The molecule has 1 saturated carbocycles. The first-order chi connectivity index (χ1) is 8.84. The number of aliphatic carboxylic acids is 1. The molecule has 0 aromatic carbocycles. The van der Waals surface area contributed by atoms with Crippen LogP contribution in [0.5, 0.6) is 0 Å². The summed E-state index contributed by atoms with van der Waals surface area (Å²) in [6.45, 7) is 9.33. The highest BCUT2D eigenvalue weighted by Crippen LogP contribution is 2.40. The minimum atomic E-state index is -0.602. The molecule has 2 aliphatic carbocycles. The first-order valence-electron chi connectivity index (χ1n) is 7.74. The molecule has 0 aromatic rings. The molecule has 1 unspecified atom stereocenters. The number of carboxylic acid groups (broad SMARTS) is 1. The summed E-state index contributed by atoms with van der Waals surface area (Å²) < 4.78 is 0. The predicted octanol–water partition coefficient (Wildman–Crippen LogP) is 5.04. The Hall–Kier alpha value is -0.790. The molecular weight excluding hydrogens is 236 g/mol. The number of hydrogen-bond donors (Lipinski definition) is 1. The van der Waals surface area contributed by atoms with Crippen LogP contribution in [0.2, 0.25) is 0 Å². The molecule has 2 heteroatoms. The van der Waals surface area contributed by atoms with E-state index in [1.807, 2.05) is 0 Å². The summed E-state index contributed by atoms with van der Waals surface area (Å²) in [6, 6.07) is 0. The third-order valence-corrected chi connectivity index (χ3v) is 5.06. The Balaban J connectivity index is 0.000000191. The molecular formula is C17H30O2. The van der Waals surface area contributed by atoms with Gasteiger partial charge in [0.05, 0.1) is 5.92 Å². The topological polar surface area (TPSA) is 37.3 Å². The minimum absolute atomic E-state index is 0.0289. The van der Waals surface area contributed by atoms with E-state index in [2.05, 4.69) is 33.8 Å². The van der Waals surface area contributed by atoms with Crippen molar-refractivity contribution in [2.24, 2.45) is 17.3 Å². The van der Waals surface area contributed by atoms with Gasteiger partial charge in [-0.25, -0.2) is 0 Å². The fourth-order valence-corrected chi connectivity index (χ4v) is 3.03. The highest BCUT2D eigenvalue weighted by Gasteiger charge is 2.28. The number of carboxylic acids is 1. The molecule has 0 spiro atoms. The molecule has 0 amide bonds. The van der Waals surface area contributed by atoms with E-state index < -0.39 is 5.97 Å². The second-order valence-corrected chi connectivity index (χ2v) is 6.87. The summed E-state index contributed by atoms with van der Waals surface area (Å²) >= 11 is 0. The van der Waals surface area contributed by atoms with Crippen LogP contribution in [0.4, 0.5) is 0 Å². The normalized spacial score (nSPS) is 26.9. The molecule has 1 fully saturated rings. The van der Waals surface area contributed by atoms with Crippen molar-refractivity contribution in [3.05, 3.63) is 11.6 Å². The monoisotopic (exact) mass is 266 g/mol. The SMILES string of the molecule is CC1=CCCC(C)(C)C1C.O=C(O)C1CCCCC1. The van der Waals surface area contributed by atoms with Crippen LogP contribution in [0.15, 0.2) is 11.6 Å². The van der Waals surface area contributed by atoms with E-state index >= 15 is 0 Å². The van der Waals surface area contributed by atoms with Crippen molar-refractivity contribution < 1.29 is 9.90 Å². The highest BCUT2D eigenvalue weighted by molar-refractivity contribution is 5.69. The molecule has 0 radical (unpaired) electrons. The largest absolute Gasteiger partial charge is 0.481 e. The lowest BCUT2D eigenvalue weighted by atomic mass is 9.70. The molecule has 0 heterocycles. The van der Waals surface area contributed by atoms with Crippen LogP contribution in [0.1, 0.15) is 72.6 Å². The van der Waals surface area contributed by atoms with Gasteiger partial charge in [0, 0.05) is 0 Å². The van der Waals surface area contributed by atoms with Crippen LogP contribution in [0.3, 0.4) is 0 Å².